The Morgan fingerprint density at radius 3 is 1.32 bits per heavy atom. The van der Waals surface area contributed by atoms with Crippen LogP contribution in [0.4, 0.5) is 28.9 Å². The van der Waals surface area contributed by atoms with Crippen LogP contribution in [0.2, 0.25) is 0 Å². The van der Waals surface area contributed by atoms with Crippen molar-refractivity contribution < 1.29 is 58.3 Å². The summed E-state index contributed by atoms with van der Waals surface area (Å²) in [6, 6.07) is 22.4. The van der Waals surface area contributed by atoms with Gasteiger partial charge in [0.1, 0.15) is 0 Å². The topological polar surface area (TPSA) is 76.7 Å². The van der Waals surface area contributed by atoms with Gasteiger partial charge in [-0.25, -0.2) is 41.9 Å². The monoisotopic (exact) mass is 842 g/mol. The molecular formula is C48H50F4N2O4Ti. The van der Waals surface area contributed by atoms with E-state index in [4.69, 9.17) is 9.47 Å². The first-order chi connectivity index (χ1) is 28.2. The number of halogens is 4. The van der Waals surface area contributed by atoms with Gasteiger partial charge in [-0.2, -0.15) is 12.2 Å². The fourth-order valence-corrected chi connectivity index (χ4v) is 5.12. The molecule has 0 saturated carbocycles. The maximum atomic E-state index is 13.6. The summed E-state index contributed by atoms with van der Waals surface area (Å²) >= 11 is 0. The standard InChI is InChI=1S/2C19H20F2NO2.2C5H5.Ti/c2*1-2-3-11-24-12-10-14-6-4-5-7-16(14)19(23)22-18-9-8-15(20)13-17(18)21;2*1-2-4-5-3-1;/h2*4-9H,2-3,10-12H2,1H3,(H,22,23);2*1-3H,4H2;/q4*-1;+4. The van der Waals surface area contributed by atoms with Crippen LogP contribution >= 0.6 is 0 Å². The van der Waals surface area contributed by atoms with Crippen LogP contribution in [0.3, 0.4) is 0 Å². The van der Waals surface area contributed by atoms with Crippen molar-refractivity contribution in [3.05, 3.63) is 179 Å². The first-order valence-electron chi connectivity index (χ1n) is 19.4. The van der Waals surface area contributed by atoms with Crippen LogP contribution in [0.25, 0.3) is 0 Å². The Bertz CT molecular complexity index is 1820. The van der Waals surface area contributed by atoms with E-state index in [1.54, 1.807) is 24.3 Å². The third-order valence-corrected chi connectivity index (χ3v) is 8.23. The molecule has 2 amide bonds. The fraction of sp³-hybridized carbons (Fsp3) is 0.292. The number of hydrogen-bond donors (Lipinski definition) is 2. The normalized spacial score (nSPS) is 11.6. The maximum absolute atomic E-state index is 13.6. The minimum Gasteiger partial charge on any atom is -0.381 e. The van der Waals surface area contributed by atoms with E-state index < -0.39 is 35.1 Å². The van der Waals surface area contributed by atoms with Crippen LogP contribution in [0.15, 0.2) is 109 Å². The largest absolute Gasteiger partial charge is 4.00 e. The van der Waals surface area contributed by atoms with Crippen molar-refractivity contribution in [2.24, 2.45) is 0 Å². The molecule has 11 heteroatoms. The summed E-state index contributed by atoms with van der Waals surface area (Å²) in [7, 11) is 0. The van der Waals surface area contributed by atoms with Crippen molar-refractivity contribution in [2.45, 2.75) is 65.2 Å². The van der Waals surface area contributed by atoms with Crippen LogP contribution in [0.5, 0.6) is 0 Å². The molecule has 0 aliphatic heterocycles. The van der Waals surface area contributed by atoms with Gasteiger partial charge in [0.15, 0.2) is 0 Å². The number of unbranched alkanes of at least 4 members (excludes halogenated alkanes) is 2. The molecule has 0 atom stereocenters. The van der Waals surface area contributed by atoms with E-state index in [1.807, 2.05) is 60.7 Å². The molecule has 0 spiro atoms. The van der Waals surface area contributed by atoms with Crippen molar-refractivity contribution in [1.82, 2.24) is 0 Å². The molecule has 2 aliphatic rings. The summed E-state index contributed by atoms with van der Waals surface area (Å²) in [6.45, 7) is 6.61. The number of nitrogens with one attached hydrogen (secondary N) is 2. The van der Waals surface area contributed by atoms with E-state index in [1.165, 1.54) is 12.1 Å². The second-order valence-corrected chi connectivity index (χ2v) is 12.7. The predicted molar refractivity (Wildman–Crippen MR) is 221 cm³/mol. The van der Waals surface area contributed by atoms with Gasteiger partial charge in [0, 0.05) is 47.6 Å². The van der Waals surface area contributed by atoms with Crippen molar-refractivity contribution in [3.8, 4) is 0 Å². The first-order valence-corrected chi connectivity index (χ1v) is 19.4. The third kappa shape index (κ3) is 20.1. The predicted octanol–water partition coefficient (Wildman–Crippen LogP) is 11.4. The zero-order valence-electron chi connectivity index (χ0n) is 33.5. The van der Waals surface area contributed by atoms with Gasteiger partial charge >= 0.3 is 21.7 Å². The molecule has 0 saturated heterocycles. The Morgan fingerprint density at radius 2 is 1.00 bits per heavy atom. The summed E-state index contributed by atoms with van der Waals surface area (Å²) in [6.07, 6.45) is 25.3. The molecule has 59 heavy (non-hydrogen) atoms. The smallest absolute Gasteiger partial charge is 0.381 e. The van der Waals surface area contributed by atoms with E-state index in [0.29, 0.717) is 50.4 Å². The zero-order chi connectivity index (χ0) is 41.8. The first kappa shape index (κ1) is 50.3. The molecule has 6 rings (SSSR count). The second kappa shape index (κ2) is 30.2. The number of carbonyl (C=O) groups excluding carboxylic acids is 2. The number of carbonyl (C=O) groups is 2. The van der Waals surface area contributed by atoms with Gasteiger partial charge < -0.3 is 20.1 Å². The van der Waals surface area contributed by atoms with Crippen molar-refractivity contribution >= 4 is 23.2 Å². The summed E-state index contributed by atoms with van der Waals surface area (Å²) < 4.78 is 64.0. The van der Waals surface area contributed by atoms with Crippen LogP contribution in [0, 0.1) is 47.6 Å². The Balaban J connectivity index is 0.000000323. The minimum absolute atomic E-state index is 0. The average Bonchev–Trinajstić information content (AvgIpc) is 4.02. The minimum atomic E-state index is -0.927. The summed E-state index contributed by atoms with van der Waals surface area (Å²) in [4.78, 5) is 24.8. The number of hydrogen-bond acceptors (Lipinski definition) is 4. The Morgan fingerprint density at radius 1 is 0.593 bits per heavy atom. The number of benzene rings is 4. The van der Waals surface area contributed by atoms with Crippen molar-refractivity contribution in [2.75, 3.05) is 37.1 Å². The molecule has 0 bridgehead atoms. The van der Waals surface area contributed by atoms with E-state index in [0.717, 1.165) is 61.8 Å². The van der Waals surface area contributed by atoms with Crippen LogP contribution < -0.4 is 10.6 Å². The molecular weight excluding hydrogens is 792 g/mol. The van der Waals surface area contributed by atoms with E-state index >= 15 is 0 Å². The van der Waals surface area contributed by atoms with Gasteiger partial charge in [0.05, 0.1) is 13.2 Å². The molecule has 0 aromatic heterocycles. The summed E-state index contributed by atoms with van der Waals surface area (Å²) in [5, 5.41) is 4.90. The van der Waals surface area contributed by atoms with E-state index in [2.05, 4.69) is 48.8 Å². The van der Waals surface area contributed by atoms with Gasteiger partial charge in [-0.15, -0.1) is 49.2 Å². The van der Waals surface area contributed by atoms with Gasteiger partial charge in [-0.1, -0.05) is 63.1 Å². The zero-order valence-corrected chi connectivity index (χ0v) is 35.1. The fourth-order valence-electron chi connectivity index (χ4n) is 5.12. The quantitative estimate of drug-likeness (QED) is 0.0510. The molecule has 0 unspecified atom stereocenters. The molecule has 4 aromatic rings. The number of rotatable bonds is 16. The molecule has 2 N–H and O–H groups in total. The number of ether oxygens (including phenoxy) is 2. The molecule has 2 aliphatic carbocycles. The van der Waals surface area contributed by atoms with Crippen LogP contribution in [0.1, 0.15) is 84.2 Å². The van der Waals surface area contributed by atoms with Crippen LogP contribution in [-0.4, -0.2) is 38.2 Å². The number of anilines is 2. The van der Waals surface area contributed by atoms with Gasteiger partial charge in [-0.05, 0) is 60.3 Å². The Kier molecular flexibility index (Phi) is 25.7. The Hall–Kier alpha value is -4.87. The van der Waals surface area contributed by atoms with E-state index in [-0.39, 0.29) is 33.1 Å². The van der Waals surface area contributed by atoms with E-state index in [9.17, 15) is 27.2 Å². The molecule has 0 fully saturated rings. The van der Waals surface area contributed by atoms with Gasteiger partial charge in [0.25, 0.3) is 0 Å². The SMILES string of the molecule is CCCCOCCc1ccccc1C(=O)Nc1ccc(F)[c-]c1F.CCCCOCCc1ccccc1C(=O)Nc1ccc(F)[c-]c1F.[C-]1=CC=CC1.[C-]1=CC=CC1.[Ti+4]. The average molecular weight is 843 g/mol. The summed E-state index contributed by atoms with van der Waals surface area (Å²) in [5.74, 6) is -4.37. The Labute approximate surface area is 361 Å². The maximum Gasteiger partial charge on any atom is 4.00 e. The van der Waals surface area contributed by atoms with Gasteiger partial charge in [-0.3, -0.25) is 21.7 Å². The molecule has 4 aromatic carbocycles. The third-order valence-electron chi connectivity index (χ3n) is 8.23. The number of amides is 2. The molecule has 0 heterocycles. The van der Waals surface area contributed by atoms with Gasteiger partial charge in [0.2, 0.25) is 11.8 Å². The molecule has 308 valence electrons. The molecule has 6 nitrogen and oxygen atoms in total. The van der Waals surface area contributed by atoms with Crippen LogP contribution in [-0.2, 0) is 44.0 Å². The van der Waals surface area contributed by atoms with Crippen molar-refractivity contribution in [1.29, 1.82) is 0 Å². The van der Waals surface area contributed by atoms with Crippen molar-refractivity contribution in [3.63, 3.8) is 0 Å². The second-order valence-electron chi connectivity index (χ2n) is 12.7. The summed E-state index contributed by atoms with van der Waals surface area (Å²) in [5.41, 5.74) is 2.32. The molecule has 0 radical (unpaired) electrons. The number of allylic oxidation sites excluding steroid dienone is 8.